The third-order valence-electron chi connectivity index (χ3n) is 14.8. The number of para-hydroxylation sites is 2. The molecule has 2 amide bonds. The molecule has 17 heteroatoms. The van der Waals surface area contributed by atoms with Gasteiger partial charge in [-0.3, -0.25) is 14.3 Å². The first-order valence-corrected chi connectivity index (χ1v) is 29.3. The van der Waals surface area contributed by atoms with Crippen LogP contribution in [0.4, 0.5) is 22.7 Å². The van der Waals surface area contributed by atoms with E-state index in [4.69, 9.17) is 9.47 Å². The maximum absolute atomic E-state index is 14.9. The Balaban J connectivity index is 0.904. The number of amides is 2. The first kappa shape index (κ1) is 53.9. The topological polar surface area (TPSA) is 161 Å². The summed E-state index contributed by atoms with van der Waals surface area (Å²) < 4.78 is 72.9. The summed E-state index contributed by atoms with van der Waals surface area (Å²) in [4.78, 5) is 36.4. The van der Waals surface area contributed by atoms with Crippen molar-refractivity contribution in [1.82, 2.24) is 14.1 Å². The lowest BCUT2D eigenvalue weighted by Crippen LogP contribution is -2.49. The number of ether oxygens (including phenoxy) is 2. The summed E-state index contributed by atoms with van der Waals surface area (Å²) in [6.07, 6.45) is 6.48. The van der Waals surface area contributed by atoms with Gasteiger partial charge in [-0.15, -0.1) is 0 Å². The predicted octanol–water partition coefficient (Wildman–Crippen LogP) is 9.19. The van der Waals surface area contributed by atoms with E-state index in [0.717, 1.165) is 62.3 Å². The summed E-state index contributed by atoms with van der Waals surface area (Å²) in [5.41, 5.74) is 7.24. The molecule has 3 saturated heterocycles. The maximum atomic E-state index is 14.9. The molecule has 3 aliphatic rings. The van der Waals surface area contributed by atoms with Gasteiger partial charge >= 0.3 is 0 Å². The number of likely N-dealkylation sites (tertiary alicyclic amines) is 1. The molecule has 15 nitrogen and oxygen atoms in total. The Hall–Kier alpha value is -6.92. The number of piperazine rings is 2. The summed E-state index contributed by atoms with van der Waals surface area (Å²) in [6.45, 7) is 10.1. The van der Waals surface area contributed by atoms with Crippen molar-refractivity contribution in [3.8, 4) is 22.6 Å². The number of benzene rings is 6. The van der Waals surface area contributed by atoms with Crippen LogP contribution in [0.25, 0.3) is 11.1 Å². The van der Waals surface area contributed by atoms with E-state index in [1.165, 1.54) is 40.9 Å². The van der Waals surface area contributed by atoms with Gasteiger partial charge in [-0.2, -0.15) is 4.31 Å². The second kappa shape index (κ2) is 24.0. The van der Waals surface area contributed by atoms with Crippen molar-refractivity contribution in [2.45, 2.75) is 62.2 Å². The molecule has 0 unspecified atom stereocenters. The van der Waals surface area contributed by atoms with Crippen LogP contribution in [0.15, 0.2) is 137 Å². The summed E-state index contributed by atoms with van der Waals surface area (Å²) in [6, 6.07) is 37.9. The minimum atomic E-state index is -4.16. The van der Waals surface area contributed by atoms with Gasteiger partial charge < -0.3 is 34.4 Å². The van der Waals surface area contributed by atoms with Crippen LogP contribution in [0.2, 0.25) is 0 Å². The standard InChI is InChI=1S/C59H69N7O8S2/c1-5-6-11-44-15-21-48(22-16-44)60-58(67)47-19-26-51(57(41-47)76(71,72)66-38-36-64(37-39-66)53-12-7-8-13-55(53)73-3)46-20-27-54(56(40-46)74-4)63-32-34-65(35-33-63)59(68)52-42-50(25-14-43(52)2)75(69,70)61-49-23-17-45(18-24-49)28-31-62-29-9-10-30-62/h7-8,12-27,40-42,61H,5-6,9-11,28-39H2,1-4H3,(H,60,67). The van der Waals surface area contributed by atoms with Gasteiger partial charge in [0.1, 0.15) is 11.5 Å². The molecule has 2 N–H and O–H groups in total. The Bertz CT molecular complexity index is 3240. The average Bonchev–Trinajstić information content (AvgIpc) is 3.99. The molecule has 400 valence electrons. The highest BCUT2D eigenvalue weighted by molar-refractivity contribution is 7.92. The molecule has 0 aromatic heterocycles. The first-order valence-electron chi connectivity index (χ1n) is 26.3. The van der Waals surface area contributed by atoms with Crippen molar-refractivity contribution in [3.63, 3.8) is 0 Å². The number of methoxy groups -OCH3 is 2. The van der Waals surface area contributed by atoms with E-state index in [1.54, 1.807) is 56.4 Å². The fourth-order valence-corrected chi connectivity index (χ4v) is 13.1. The number of nitrogens with zero attached hydrogens (tertiary/aromatic N) is 5. The second-order valence-corrected chi connectivity index (χ2v) is 23.4. The van der Waals surface area contributed by atoms with E-state index in [-0.39, 0.29) is 34.4 Å². The molecule has 9 rings (SSSR count). The minimum absolute atomic E-state index is 0.00273. The van der Waals surface area contributed by atoms with Crippen LogP contribution in [0, 0.1) is 6.92 Å². The SMILES string of the molecule is CCCCc1ccc(NC(=O)c2ccc(-c3ccc(N4CCN(C(=O)c5cc(S(=O)(=O)Nc6ccc(CCN7CCCC7)cc6)ccc5C)CC4)c(OC)c3)c(S(=O)(=O)N3CCN(c4ccccc4OC)CC3)c2)cc1. The second-order valence-electron chi connectivity index (χ2n) is 19.8. The smallest absolute Gasteiger partial charge is 0.261 e. The van der Waals surface area contributed by atoms with Crippen molar-refractivity contribution >= 4 is 54.6 Å². The molecule has 6 aromatic rings. The number of hydrogen-bond donors (Lipinski definition) is 2. The van der Waals surface area contributed by atoms with E-state index in [1.807, 2.05) is 78.9 Å². The zero-order chi connectivity index (χ0) is 53.4. The number of unbranched alkanes of at least 4 members (excludes halogenated alkanes) is 1. The lowest BCUT2D eigenvalue weighted by Gasteiger charge is -2.37. The Morgan fingerprint density at radius 1 is 0.618 bits per heavy atom. The molecule has 3 aliphatic heterocycles. The highest BCUT2D eigenvalue weighted by Crippen LogP contribution is 2.39. The van der Waals surface area contributed by atoms with Crippen LogP contribution in [-0.2, 0) is 32.9 Å². The zero-order valence-corrected chi connectivity index (χ0v) is 45.6. The summed E-state index contributed by atoms with van der Waals surface area (Å²) in [5, 5.41) is 2.96. The van der Waals surface area contributed by atoms with Gasteiger partial charge in [-0.05, 0) is 147 Å². The summed E-state index contributed by atoms with van der Waals surface area (Å²) >= 11 is 0. The lowest BCUT2D eigenvalue weighted by molar-refractivity contribution is 0.0745. The molecule has 0 saturated carbocycles. The Morgan fingerprint density at radius 3 is 1.92 bits per heavy atom. The van der Waals surface area contributed by atoms with Gasteiger partial charge in [0, 0.05) is 87.0 Å². The van der Waals surface area contributed by atoms with Gasteiger partial charge in [-0.25, -0.2) is 16.8 Å². The number of rotatable bonds is 19. The van der Waals surface area contributed by atoms with Crippen molar-refractivity contribution in [1.29, 1.82) is 0 Å². The van der Waals surface area contributed by atoms with E-state index in [0.29, 0.717) is 84.4 Å². The molecular formula is C59H69N7O8S2. The zero-order valence-electron chi connectivity index (χ0n) is 44.0. The molecule has 76 heavy (non-hydrogen) atoms. The number of sulfonamides is 2. The quantitative estimate of drug-likeness (QED) is 0.0796. The molecule has 0 aliphatic carbocycles. The monoisotopic (exact) mass is 1070 g/mol. The van der Waals surface area contributed by atoms with Gasteiger partial charge in [0.05, 0.1) is 35.4 Å². The Labute approximate surface area is 448 Å². The largest absolute Gasteiger partial charge is 0.495 e. The highest BCUT2D eigenvalue weighted by Gasteiger charge is 2.33. The molecule has 3 fully saturated rings. The van der Waals surface area contributed by atoms with E-state index >= 15 is 0 Å². The number of nitrogens with one attached hydrogen (secondary N) is 2. The van der Waals surface area contributed by atoms with Crippen LogP contribution in [0.5, 0.6) is 11.5 Å². The molecule has 0 spiro atoms. The van der Waals surface area contributed by atoms with Gasteiger partial charge in [0.15, 0.2) is 0 Å². The summed E-state index contributed by atoms with van der Waals surface area (Å²) in [5.74, 6) is 0.531. The fraction of sp³-hybridized carbons (Fsp3) is 0.356. The van der Waals surface area contributed by atoms with Crippen LogP contribution in [0.3, 0.4) is 0 Å². The van der Waals surface area contributed by atoms with E-state index in [2.05, 4.69) is 31.7 Å². The average molecular weight is 1070 g/mol. The van der Waals surface area contributed by atoms with Crippen LogP contribution < -0.4 is 29.3 Å². The van der Waals surface area contributed by atoms with Crippen LogP contribution in [-0.4, -0.2) is 129 Å². The molecule has 6 aromatic carbocycles. The van der Waals surface area contributed by atoms with Crippen molar-refractivity contribution in [3.05, 3.63) is 155 Å². The van der Waals surface area contributed by atoms with Gasteiger partial charge in [-0.1, -0.05) is 67.9 Å². The van der Waals surface area contributed by atoms with Crippen molar-refractivity contribution in [2.24, 2.45) is 0 Å². The Kier molecular flexibility index (Phi) is 17.0. The first-order chi connectivity index (χ1) is 36.7. The number of carbonyl (C=O) groups excluding carboxylic acids is 2. The van der Waals surface area contributed by atoms with Gasteiger partial charge in [0.25, 0.3) is 21.8 Å². The number of anilines is 4. The molecule has 3 heterocycles. The van der Waals surface area contributed by atoms with Crippen molar-refractivity contribution in [2.75, 3.05) is 106 Å². The fourth-order valence-electron chi connectivity index (χ4n) is 10.3. The Morgan fingerprint density at radius 2 is 1.25 bits per heavy atom. The third-order valence-corrected chi connectivity index (χ3v) is 18.1. The number of aryl methyl sites for hydroxylation is 2. The van der Waals surface area contributed by atoms with Gasteiger partial charge in [0.2, 0.25) is 10.0 Å². The summed E-state index contributed by atoms with van der Waals surface area (Å²) in [7, 11) is -4.97. The minimum Gasteiger partial charge on any atom is -0.495 e. The number of hydrogen-bond acceptors (Lipinski definition) is 11. The molecule has 0 bridgehead atoms. The van der Waals surface area contributed by atoms with E-state index < -0.39 is 26.0 Å². The molecule has 0 atom stereocenters. The highest BCUT2D eigenvalue weighted by atomic mass is 32.2. The maximum Gasteiger partial charge on any atom is 0.261 e. The van der Waals surface area contributed by atoms with Crippen molar-refractivity contribution < 1.29 is 35.9 Å². The normalized spacial score (nSPS) is 15.7. The van der Waals surface area contributed by atoms with E-state index in [9.17, 15) is 26.4 Å². The third kappa shape index (κ3) is 12.3. The predicted molar refractivity (Wildman–Crippen MR) is 301 cm³/mol. The van der Waals surface area contributed by atoms with Crippen LogP contribution >= 0.6 is 0 Å². The number of carbonyl (C=O) groups is 2. The molecular weight excluding hydrogens is 999 g/mol. The molecule has 0 radical (unpaired) electrons. The lowest BCUT2D eigenvalue weighted by atomic mass is 10.0. The van der Waals surface area contributed by atoms with Crippen LogP contribution in [0.1, 0.15) is 70.0 Å².